The highest BCUT2D eigenvalue weighted by molar-refractivity contribution is 5.97. The highest BCUT2D eigenvalue weighted by Crippen LogP contribution is 2.23. The average molecular weight is 252 g/mol. The maximum Gasteiger partial charge on any atom is 0.274 e. The highest BCUT2D eigenvalue weighted by atomic mass is 16.3. The van der Waals surface area contributed by atoms with E-state index in [0.29, 0.717) is 30.4 Å². The van der Waals surface area contributed by atoms with Crippen LogP contribution in [0.3, 0.4) is 0 Å². The van der Waals surface area contributed by atoms with Crippen LogP contribution in [0, 0.1) is 5.92 Å². The van der Waals surface area contributed by atoms with Crippen molar-refractivity contribution in [2.24, 2.45) is 5.92 Å². The number of nitrogens with two attached hydrogens (primary N) is 1. The molecule has 0 aliphatic carbocycles. The van der Waals surface area contributed by atoms with Crippen molar-refractivity contribution in [1.82, 2.24) is 14.7 Å². The number of likely N-dealkylation sites (tertiary alicyclic amines) is 1. The molecule has 1 atom stereocenters. The van der Waals surface area contributed by atoms with Crippen LogP contribution >= 0.6 is 0 Å². The van der Waals surface area contributed by atoms with Crippen molar-refractivity contribution in [3.05, 3.63) is 11.9 Å². The first-order valence-corrected chi connectivity index (χ1v) is 6.38. The van der Waals surface area contributed by atoms with Gasteiger partial charge in [-0.05, 0) is 25.7 Å². The number of carbonyl (C=O) groups excluding carboxylic acids is 1. The van der Waals surface area contributed by atoms with Gasteiger partial charge in [0.05, 0.1) is 11.9 Å². The van der Waals surface area contributed by atoms with Gasteiger partial charge in [0, 0.05) is 26.2 Å². The van der Waals surface area contributed by atoms with Gasteiger partial charge in [-0.2, -0.15) is 5.10 Å². The largest absolute Gasteiger partial charge is 0.396 e. The Labute approximate surface area is 106 Å². The zero-order valence-corrected chi connectivity index (χ0v) is 10.7. The lowest BCUT2D eigenvalue weighted by Crippen LogP contribution is -2.31. The van der Waals surface area contributed by atoms with Crippen LogP contribution in [0.2, 0.25) is 0 Å². The van der Waals surface area contributed by atoms with Gasteiger partial charge in [-0.25, -0.2) is 0 Å². The molecule has 1 saturated heterocycles. The quantitative estimate of drug-likeness (QED) is 0.808. The fraction of sp³-hybridized carbons (Fsp3) is 0.667. The van der Waals surface area contributed by atoms with Crippen LogP contribution in [0.25, 0.3) is 0 Å². The number of carbonyl (C=O) groups is 1. The van der Waals surface area contributed by atoms with Crippen molar-refractivity contribution in [3.8, 4) is 0 Å². The van der Waals surface area contributed by atoms with Gasteiger partial charge in [-0.15, -0.1) is 0 Å². The monoisotopic (exact) mass is 252 g/mol. The van der Waals surface area contributed by atoms with E-state index in [4.69, 9.17) is 10.8 Å². The molecule has 1 aliphatic heterocycles. The predicted octanol–water partition coefficient (Wildman–Crippen LogP) is 0.330. The van der Waals surface area contributed by atoms with Crippen LogP contribution < -0.4 is 5.73 Å². The van der Waals surface area contributed by atoms with E-state index >= 15 is 0 Å². The third-order valence-corrected chi connectivity index (χ3v) is 3.48. The van der Waals surface area contributed by atoms with E-state index in [2.05, 4.69) is 5.10 Å². The number of nitrogens with zero attached hydrogens (tertiary/aromatic N) is 3. The Balaban J connectivity index is 2.10. The molecule has 0 spiro atoms. The first-order chi connectivity index (χ1) is 8.67. The van der Waals surface area contributed by atoms with Gasteiger partial charge >= 0.3 is 0 Å². The van der Waals surface area contributed by atoms with E-state index in [1.807, 2.05) is 6.92 Å². The molecule has 18 heavy (non-hydrogen) atoms. The zero-order chi connectivity index (χ0) is 13.1. The molecule has 2 heterocycles. The maximum atomic E-state index is 12.4. The van der Waals surface area contributed by atoms with Crippen molar-refractivity contribution in [2.75, 3.05) is 25.4 Å². The van der Waals surface area contributed by atoms with Gasteiger partial charge in [0.25, 0.3) is 5.91 Å². The minimum Gasteiger partial charge on any atom is -0.396 e. The molecule has 1 aliphatic rings. The summed E-state index contributed by atoms with van der Waals surface area (Å²) in [5, 5.41) is 13.0. The van der Waals surface area contributed by atoms with E-state index in [9.17, 15) is 4.79 Å². The van der Waals surface area contributed by atoms with Gasteiger partial charge in [-0.1, -0.05) is 0 Å². The van der Waals surface area contributed by atoms with Crippen molar-refractivity contribution < 1.29 is 9.90 Å². The van der Waals surface area contributed by atoms with Crippen molar-refractivity contribution >= 4 is 11.6 Å². The molecule has 0 bridgehead atoms. The normalized spacial score (nSPS) is 19.4. The lowest BCUT2D eigenvalue weighted by atomic mass is 10.1. The summed E-state index contributed by atoms with van der Waals surface area (Å²) in [4.78, 5) is 14.2. The smallest absolute Gasteiger partial charge is 0.274 e. The molecular weight excluding hydrogens is 232 g/mol. The highest BCUT2D eigenvalue weighted by Gasteiger charge is 2.29. The van der Waals surface area contributed by atoms with Crippen molar-refractivity contribution in [1.29, 1.82) is 0 Å². The molecule has 100 valence electrons. The summed E-state index contributed by atoms with van der Waals surface area (Å²) in [7, 11) is 0. The number of aliphatic hydroxyl groups is 1. The third kappa shape index (κ3) is 2.33. The molecule has 0 saturated carbocycles. The van der Waals surface area contributed by atoms with Gasteiger partial charge in [0.1, 0.15) is 5.69 Å². The summed E-state index contributed by atoms with van der Waals surface area (Å²) >= 11 is 0. The standard InChI is InChI=1S/C12H20N4O2/c1-2-16-11(10(13)7-14-16)12(18)15-5-3-9(8-15)4-6-17/h7,9,17H,2-6,8,13H2,1H3. The van der Waals surface area contributed by atoms with E-state index in [-0.39, 0.29) is 12.5 Å². The SMILES string of the molecule is CCn1ncc(N)c1C(=O)N1CCC(CCO)C1. The second-order valence-electron chi connectivity index (χ2n) is 4.68. The van der Waals surface area contributed by atoms with E-state index < -0.39 is 0 Å². The number of rotatable bonds is 4. The number of hydrogen-bond acceptors (Lipinski definition) is 4. The van der Waals surface area contributed by atoms with E-state index in [0.717, 1.165) is 19.4 Å². The molecule has 2 rings (SSSR count). The van der Waals surface area contributed by atoms with Crippen LogP contribution in [-0.2, 0) is 6.54 Å². The minimum absolute atomic E-state index is 0.0488. The number of hydrogen-bond donors (Lipinski definition) is 2. The topological polar surface area (TPSA) is 84.4 Å². The average Bonchev–Trinajstić information content (AvgIpc) is 2.95. The zero-order valence-electron chi connectivity index (χ0n) is 10.7. The lowest BCUT2D eigenvalue weighted by molar-refractivity contribution is 0.0773. The summed E-state index contributed by atoms with van der Waals surface area (Å²) in [6.45, 7) is 4.18. The van der Waals surface area contributed by atoms with Crippen LogP contribution in [0.1, 0.15) is 30.3 Å². The number of aromatic nitrogens is 2. The molecular formula is C12H20N4O2. The van der Waals surface area contributed by atoms with Gasteiger partial charge in [0.15, 0.2) is 0 Å². The molecule has 1 fully saturated rings. The molecule has 0 radical (unpaired) electrons. The molecule has 0 aromatic carbocycles. The van der Waals surface area contributed by atoms with E-state index in [1.165, 1.54) is 6.20 Å². The van der Waals surface area contributed by atoms with Crippen LogP contribution in [0.4, 0.5) is 5.69 Å². The van der Waals surface area contributed by atoms with Gasteiger partial charge < -0.3 is 15.7 Å². The summed E-state index contributed by atoms with van der Waals surface area (Å²) in [6.07, 6.45) is 3.23. The molecule has 6 nitrogen and oxygen atoms in total. The first kappa shape index (κ1) is 12.9. The Kier molecular flexibility index (Phi) is 3.86. The summed E-state index contributed by atoms with van der Waals surface area (Å²) < 4.78 is 1.64. The number of anilines is 1. The van der Waals surface area contributed by atoms with Gasteiger partial charge in [-0.3, -0.25) is 9.48 Å². The van der Waals surface area contributed by atoms with Crippen molar-refractivity contribution in [2.45, 2.75) is 26.3 Å². The number of amides is 1. The van der Waals surface area contributed by atoms with Crippen molar-refractivity contribution in [3.63, 3.8) is 0 Å². The molecule has 6 heteroatoms. The Hall–Kier alpha value is -1.56. The molecule has 1 unspecified atom stereocenters. The number of aryl methyl sites for hydroxylation is 1. The predicted molar refractivity (Wildman–Crippen MR) is 68.0 cm³/mol. The Morgan fingerprint density at radius 2 is 2.44 bits per heavy atom. The first-order valence-electron chi connectivity index (χ1n) is 6.38. The van der Waals surface area contributed by atoms with Crippen LogP contribution in [-0.4, -0.2) is 45.4 Å². The Morgan fingerprint density at radius 1 is 1.67 bits per heavy atom. The lowest BCUT2D eigenvalue weighted by Gasteiger charge is -2.17. The molecule has 1 aromatic heterocycles. The van der Waals surface area contributed by atoms with Crippen LogP contribution in [0.15, 0.2) is 6.20 Å². The van der Waals surface area contributed by atoms with E-state index in [1.54, 1.807) is 9.58 Å². The summed E-state index contributed by atoms with van der Waals surface area (Å²) in [6, 6.07) is 0. The second kappa shape index (κ2) is 5.39. The fourth-order valence-corrected chi connectivity index (χ4v) is 2.46. The molecule has 1 aromatic rings. The molecule has 1 amide bonds. The van der Waals surface area contributed by atoms with Crippen LogP contribution in [0.5, 0.6) is 0 Å². The number of nitrogen functional groups attached to an aromatic ring is 1. The molecule has 3 N–H and O–H groups in total. The maximum absolute atomic E-state index is 12.4. The summed E-state index contributed by atoms with van der Waals surface area (Å²) in [5.41, 5.74) is 6.73. The minimum atomic E-state index is -0.0488. The Morgan fingerprint density at radius 3 is 3.11 bits per heavy atom. The second-order valence-corrected chi connectivity index (χ2v) is 4.68. The summed E-state index contributed by atoms with van der Waals surface area (Å²) in [5.74, 6) is 0.352. The van der Waals surface area contributed by atoms with Gasteiger partial charge in [0.2, 0.25) is 0 Å². The third-order valence-electron chi connectivity index (χ3n) is 3.48. The Bertz CT molecular complexity index is 430. The number of aliphatic hydroxyl groups excluding tert-OH is 1. The fourth-order valence-electron chi connectivity index (χ4n) is 2.46.